The highest BCUT2D eigenvalue weighted by molar-refractivity contribution is 6.44. The predicted octanol–water partition coefficient (Wildman–Crippen LogP) is 3.86. The van der Waals surface area contributed by atoms with Crippen LogP contribution in [0.5, 0.6) is 0 Å². The fourth-order valence-electron chi connectivity index (χ4n) is 4.95. The lowest BCUT2D eigenvalue weighted by atomic mass is 9.82. The van der Waals surface area contributed by atoms with E-state index in [1.54, 1.807) is 12.1 Å². The molecule has 0 aromatic heterocycles. The van der Waals surface area contributed by atoms with Gasteiger partial charge in [0.1, 0.15) is 5.71 Å². The Morgan fingerprint density at radius 3 is 2.62 bits per heavy atom. The maximum absolute atomic E-state index is 12.8. The molecule has 4 N–H and O–H groups in total. The average molecular weight is 487 g/mol. The minimum Gasteiger partial charge on any atom is -0.385 e. The number of ether oxygens (including phenoxy) is 1. The molecule has 34 heavy (non-hydrogen) atoms. The predicted molar refractivity (Wildman–Crippen MR) is 133 cm³/mol. The van der Waals surface area contributed by atoms with E-state index in [0.29, 0.717) is 29.9 Å². The van der Waals surface area contributed by atoms with Crippen molar-refractivity contribution in [3.63, 3.8) is 0 Å². The Morgan fingerprint density at radius 2 is 1.94 bits per heavy atom. The summed E-state index contributed by atoms with van der Waals surface area (Å²) in [4.78, 5) is 24.2. The first kappa shape index (κ1) is 24.7. The number of rotatable bonds is 11. The van der Waals surface area contributed by atoms with Crippen LogP contribution < -0.4 is 16.0 Å². The van der Waals surface area contributed by atoms with Gasteiger partial charge in [-0.2, -0.15) is 0 Å². The SMILES string of the molecule is N=C(C(=O)NCc1ccc(Cl)cc1)C1=C(NCC2CCO2)CC(CCC[C@H]2CCC(=O)N2)CC1. The van der Waals surface area contributed by atoms with Crippen LogP contribution in [0, 0.1) is 11.3 Å². The second-order valence-corrected chi connectivity index (χ2v) is 10.1. The maximum Gasteiger partial charge on any atom is 0.269 e. The summed E-state index contributed by atoms with van der Waals surface area (Å²) in [5, 5.41) is 18.7. The normalized spacial score (nSPS) is 24.4. The number of allylic oxidation sites excluding steroid dienone is 1. The van der Waals surface area contributed by atoms with E-state index in [9.17, 15) is 9.59 Å². The van der Waals surface area contributed by atoms with Gasteiger partial charge < -0.3 is 20.7 Å². The molecule has 0 bridgehead atoms. The minimum absolute atomic E-state index is 0.0538. The molecule has 4 rings (SSSR count). The molecule has 1 aromatic rings. The number of carbonyl (C=O) groups excluding carboxylic acids is 2. The van der Waals surface area contributed by atoms with Gasteiger partial charge in [0.25, 0.3) is 5.91 Å². The van der Waals surface area contributed by atoms with Crippen LogP contribution in [0.3, 0.4) is 0 Å². The van der Waals surface area contributed by atoms with Gasteiger partial charge >= 0.3 is 0 Å². The molecule has 184 valence electrons. The Hall–Kier alpha value is -2.38. The Labute approximate surface area is 206 Å². The number of carbonyl (C=O) groups is 2. The van der Waals surface area contributed by atoms with Crippen LogP contribution in [-0.4, -0.2) is 42.8 Å². The molecular weight excluding hydrogens is 452 g/mol. The second kappa shape index (κ2) is 11.8. The summed E-state index contributed by atoms with van der Waals surface area (Å²) < 4.78 is 5.56. The van der Waals surface area contributed by atoms with E-state index >= 15 is 0 Å². The lowest BCUT2D eigenvalue weighted by molar-refractivity contribution is -0.119. The topological polar surface area (TPSA) is 103 Å². The van der Waals surface area contributed by atoms with Crippen molar-refractivity contribution in [2.24, 2.45) is 5.92 Å². The first-order valence-corrected chi connectivity index (χ1v) is 12.8. The Morgan fingerprint density at radius 1 is 1.15 bits per heavy atom. The van der Waals surface area contributed by atoms with Crippen LogP contribution in [0.4, 0.5) is 0 Å². The number of benzene rings is 1. The zero-order valence-electron chi connectivity index (χ0n) is 19.6. The largest absolute Gasteiger partial charge is 0.385 e. The van der Waals surface area contributed by atoms with Crippen molar-refractivity contribution in [1.29, 1.82) is 5.41 Å². The van der Waals surface area contributed by atoms with Gasteiger partial charge in [0.15, 0.2) is 0 Å². The molecule has 1 aliphatic carbocycles. The molecule has 3 aliphatic rings. The quantitative estimate of drug-likeness (QED) is 0.356. The molecule has 3 atom stereocenters. The van der Waals surface area contributed by atoms with E-state index < -0.39 is 0 Å². The van der Waals surface area contributed by atoms with Gasteiger partial charge in [-0.15, -0.1) is 0 Å². The average Bonchev–Trinajstić information content (AvgIpc) is 3.22. The summed E-state index contributed by atoms with van der Waals surface area (Å²) in [5.41, 5.74) is 2.85. The highest BCUT2D eigenvalue weighted by Gasteiger charge is 2.28. The monoisotopic (exact) mass is 486 g/mol. The fourth-order valence-corrected chi connectivity index (χ4v) is 5.08. The molecule has 2 unspecified atom stereocenters. The van der Waals surface area contributed by atoms with Crippen LogP contribution in [0.25, 0.3) is 0 Å². The molecule has 0 saturated carbocycles. The third-order valence-corrected chi connectivity index (χ3v) is 7.39. The summed E-state index contributed by atoms with van der Waals surface area (Å²) in [6.07, 6.45) is 8.63. The van der Waals surface area contributed by atoms with E-state index in [1.807, 2.05) is 12.1 Å². The standard InChI is InChI=1S/C26H35ClN4O3/c27-19-7-4-18(5-8-19)15-30-26(33)25(28)22-10-6-17(2-1-3-20-9-11-24(32)31-20)14-23(22)29-16-21-12-13-34-21/h4-5,7-8,17,20-21,28-29H,1-3,6,9-16H2,(H,30,33)(H,31,32)/t17?,20-,21?/m0/s1. The fraction of sp³-hybridized carbons (Fsp3) is 0.577. The molecular formula is C26H35ClN4O3. The Kier molecular flexibility index (Phi) is 8.62. The van der Waals surface area contributed by atoms with E-state index in [-0.39, 0.29) is 23.6 Å². The molecule has 2 aliphatic heterocycles. The highest BCUT2D eigenvalue weighted by Crippen LogP contribution is 2.33. The molecule has 1 aromatic carbocycles. The Bertz CT molecular complexity index is 926. The van der Waals surface area contributed by atoms with Crippen LogP contribution in [0.1, 0.15) is 63.4 Å². The first-order valence-electron chi connectivity index (χ1n) is 12.5. The molecule has 2 heterocycles. The molecule has 2 fully saturated rings. The number of amides is 2. The molecule has 8 heteroatoms. The summed E-state index contributed by atoms with van der Waals surface area (Å²) >= 11 is 5.93. The number of hydrogen-bond donors (Lipinski definition) is 4. The van der Waals surface area contributed by atoms with E-state index in [0.717, 1.165) is 81.4 Å². The smallest absolute Gasteiger partial charge is 0.269 e. The van der Waals surface area contributed by atoms with E-state index in [4.69, 9.17) is 21.7 Å². The number of hydrogen-bond acceptors (Lipinski definition) is 5. The molecule has 7 nitrogen and oxygen atoms in total. The van der Waals surface area contributed by atoms with E-state index in [2.05, 4.69) is 16.0 Å². The first-order chi connectivity index (χ1) is 16.5. The molecule has 0 spiro atoms. The van der Waals surface area contributed by atoms with Crippen molar-refractivity contribution < 1.29 is 14.3 Å². The van der Waals surface area contributed by atoms with Gasteiger partial charge in [-0.25, -0.2) is 0 Å². The van der Waals surface area contributed by atoms with Crippen molar-refractivity contribution in [2.45, 2.75) is 76.5 Å². The lowest BCUT2D eigenvalue weighted by Crippen LogP contribution is -2.39. The van der Waals surface area contributed by atoms with Crippen LogP contribution in [0.2, 0.25) is 5.02 Å². The minimum atomic E-state index is -0.348. The summed E-state index contributed by atoms with van der Waals surface area (Å²) in [7, 11) is 0. The van der Waals surface area contributed by atoms with Gasteiger partial charge in [0.2, 0.25) is 5.91 Å². The number of nitrogens with one attached hydrogen (secondary N) is 4. The van der Waals surface area contributed by atoms with Crippen molar-refractivity contribution >= 4 is 29.1 Å². The lowest BCUT2D eigenvalue weighted by Gasteiger charge is -2.32. The Balaban J connectivity index is 1.33. The zero-order chi connectivity index (χ0) is 23.9. The molecule has 2 saturated heterocycles. The van der Waals surface area contributed by atoms with E-state index in [1.165, 1.54) is 0 Å². The van der Waals surface area contributed by atoms with Crippen LogP contribution in [-0.2, 0) is 20.9 Å². The van der Waals surface area contributed by atoms with Crippen molar-refractivity contribution in [3.8, 4) is 0 Å². The highest BCUT2D eigenvalue weighted by atomic mass is 35.5. The van der Waals surface area contributed by atoms with Crippen molar-refractivity contribution in [3.05, 3.63) is 46.1 Å². The third-order valence-electron chi connectivity index (χ3n) is 7.14. The maximum atomic E-state index is 12.8. The van der Waals surface area contributed by atoms with Gasteiger partial charge in [-0.1, -0.05) is 30.2 Å². The van der Waals surface area contributed by atoms with Gasteiger partial charge in [0.05, 0.1) is 6.10 Å². The summed E-state index contributed by atoms with van der Waals surface area (Å²) in [5.74, 6) is 0.350. The van der Waals surface area contributed by atoms with Gasteiger partial charge in [-0.3, -0.25) is 15.0 Å². The van der Waals surface area contributed by atoms with Gasteiger partial charge in [-0.05, 0) is 68.6 Å². The zero-order valence-corrected chi connectivity index (χ0v) is 20.4. The van der Waals surface area contributed by atoms with Crippen LogP contribution >= 0.6 is 11.6 Å². The molecule has 0 radical (unpaired) electrons. The molecule has 2 amide bonds. The number of halogens is 1. The third kappa shape index (κ3) is 6.83. The summed E-state index contributed by atoms with van der Waals surface area (Å²) in [6, 6.07) is 7.67. The van der Waals surface area contributed by atoms with Crippen LogP contribution in [0.15, 0.2) is 35.5 Å². The van der Waals surface area contributed by atoms with Gasteiger partial charge in [0, 0.05) is 48.5 Å². The summed E-state index contributed by atoms with van der Waals surface area (Å²) in [6.45, 7) is 1.89. The second-order valence-electron chi connectivity index (χ2n) is 9.65. The van der Waals surface area contributed by atoms with Crippen molar-refractivity contribution in [2.75, 3.05) is 13.2 Å². The van der Waals surface area contributed by atoms with Crippen molar-refractivity contribution in [1.82, 2.24) is 16.0 Å².